The van der Waals surface area contributed by atoms with Gasteiger partial charge in [-0.1, -0.05) is 52.0 Å². The molecule has 0 heterocycles. The second-order valence-electron chi connectivity index (χ2n) is 5.77. The zero-order valence-electron chi connectivity index (χ0n) is 12.1. The van der Waals surface area contributed by atoms with Crippen LogP contribution in [0.3, 0.4) is 0 Å². The van der Waals surface area contributed by atoms with E-state index >= 15 is 0 Å². The van der Waals surface area contributed by atoms with Crippen molar-refractivity contribution >= 4 is 5.97 Å². The van der Waals surface area contributed by atoms with Gasteiger partial charge in [-0.15, -0.1) is 0 Å². The molecule has 3 atom stereocenters. The number of aliphatic hydroxyl groups is 1. The van der Waals surface area contributed by atoms with Gasteiger partial charge < -0.3 is 10.2 Å². The maximum Gasteiger partial charge on any atom is 0.306 e. The molecule has 0 bridgehead atoms. The van der Waals surface area contributed by atoms with Crippen molar-refractivity contribution in [1.82, 2.24) is 0 Å². The van der Waals surface area contributed by atoms with Crippen LogP contribution in [-0.2, 0) is 11.2 Å². The van der Waals surface area contributed by atoms with E-state index in [0.29, 0.717) is 5.92 Å². The van der Waals surface area contributed by atoms with Gasteiger partial charge in [0.1, 0.15) is 0 Å². The topological polar surface area (TPSA) is 57.5 Å². The first kappa shape index (κ1) is 15.7. The Morgan fingerprint density at radius 1 is 1.11 bits per heavy atom. The lowest BCUT2D eigenvalue weighted by molar-refractivity contribution is -0.144. The summed E-state index contributed by atoms with van der Waals surface area (Å²) in [7, 11) is 0. The lowest BCUT2D eigenvalue weighted by atomic mass is 9.86. The van der Waals surface area contributed by atoms with Crippen LogP contribution in [0.2, 0.25) is 0 Å². The number of rotatable bonds is 6. The van der Waals surface area contributed by atoms with Crippen molar-refractivity contribution in [2.24, 2.45) is 17.8 Å². The zero-order chi connectivity index (χ0) is 14.6. The molecule has 0 aliphatic rings. The molecule has 2 N–H and O–H groups in total. The monoisotopic (exact) mass is 264 g/mol. The molecule has 0 spiro atoms. The molecule has 106 valence electrons. The highest BCUT2D eigenvalue weighted by Gasteiger charge is 2.26. The molecule has 0 radical (unpaired) electrons. The fraction of sp³-hybridized carbons (Fsp3) is 0.562. The molecule has 19 heavy (non-hydrogen) atoms. The van der Waals surface area contributed by atoms with E-state index in [0.717, 1.165) is 12.0 Å². The van der Waals surface area contributed by atoms with Crippen LogP contribution in [0, 0.1) is 17.8 Å². The predicted octanol–water partition coefficient (Wildman–Crippen LogP) is 3.28. The standard InChI is InChI=1S/C16H24O3/c1-10(2)9-13-5-7-14(8-6-13)15(17)11(3)12(4)16(18)19/h5-8,10-12,15,17H,9H2,1-4H3,(H,18,19). The van der Waals surface area contributed by atoms with E-state index < -0.39 is 18.0 Å². The molecule has 1 rings (SSSR count). The van der Waals surface area contributed by atoms with Crippen LogP contribution < -0.4 is 0 Å². The first-order valence-electron chi connectivity index (χ1n) is 6.82. The lowest BCUT2D eigenvalue weighted by Crippen LogP contribution is -2.23. The van der Waals surface area contributed by atoms with Crippen molar-refractivity contribution in [1.29, 1.82) is 0 Å². The van der Waals surface area contributed by atoms with Crippen LogP contribution in [0.4, 0.5) is 0 Å². The summed E-state index contributed by atoms with van der Waals surface area (Å²) < 4.78 is 0. The largest absolute Gasteiger partial charge is 0.481 e. The molecular weight excluding hydrogens is 240 g/mol. The van der Waals surface area contributed by atoms with Crippen molar-refractivity contribution in [3.63, 3.8) is 0 Å². The smallest absolute Gasteiger partial charge is 0.306 e. The van der Waals surface area contributed by atoms with Crippen LogP contribution in [0.1, 0.15) is 44.9 Å². The number of carbonyl (C=O) groups is 1. The van der Waals surface area contributed by atoms with Gasteiger partial charge in [-0.3, -0.25) is 4.79 Å². The number of hydrogen-bond acceptors (Lipinski definition) is 2. The summed E-state index contributed by atoms with van der Waals surface area (Å²) in [4.78, 5) is 10.9. The first-order chi connectivity index (χ1) is 8.82. The molecule has 0 amide bonds. The maximum absolute atomic E-state index is 10.9. The summed E-state index contributed by atoms with van der Waals surface area (Å²) in [6.07, 6.45) is 0.275. The summed E-state index contributed by atoms with van der Waals surface area (Å²) in [6, 6.07) is 7.81. The third-order valence-corrected chi connectivity index (χ3v) is 3.64. The van der Waals surface area contributed by atoms with Gasteiger partial charge >= 0.3 is 5.97 Å². The number of benzene rings is 1. The molecular formula is C16H24O3. The van der Waals surface area contributed by atoms with E-state index in [-0.39, 0.29) is 5.92 Å². The van der Waals surface area contributed by atoms with E-state index in [1.165, 1.54) is 5.56 Å². The molecule has 0 aromatic heterocycles. The van der Waals surface area contributed by atoms with Crippen LogP contribution >= 0.6 is 0 Å². The van der Waals surface area contributed by atoms with Crippen LogP contribution in [0.25, 0.3) is 0 Å². The number of aliphatic carboxylic acids is 1. The molecule has 3 unspecified atom stereocenters. The van der Waals surface area contributed by atoms with E-state index in [9.17, 15) is 9.90 Å². The molecule has 0 saturated heterocycles. The third-order valence-electron chi connectivity index (χ3n) is 3.64. The summed E-state index contributed by atoms with van der Waals surface area (Å²) in [5.41, 5.74) is 2.03. The fourth-order valence-electron chi connectivity index (χ4n) is 2.12. The maximum atomic E-state index is 10.9. The zero-order valence-corrected chi connectivity index (χ0v) is 12.1. The second-order valence-corrected chi connectivity index (χ2v) is 5.77. The second kappa shape index (κ2) is 6.71. The highest BCUT2D eigenvalue weighted by atomic mass is 16.4. The SMILES string of the molecule is CC(C)Cc1ccc(C(O)C(C)C(C)C(=O)O)cc1. The van der Waals surface area contributed by atoms with Gasteiger partial charge in [0, 0.05) is 0 Å². The van der Waals surface area contributed by atoms with Gasteiger partial charge in [-0.05, 0) is 29.4 Å². The average molecular weight is 264 g/mol. The third kappa shape index (κ3) is 4.35. The minimum Gasteiger partial charge on any atom is -0.481 e. The fourth-order valence-corrected chi connectivity index (χ4v) is 2.12. The number of carboxylic acids is 1. The Morgan fingerprint density at radius 2 is 1.63 bits per heavy atom. The number of hydrogen-bond donors (Lipinski definition) is 2. The Morgan fingerprint density at radius 3 is 2.05 bits per heavy atom. The molecule has 0 saturated carbocycles. The number of carboxylic acid groups (broad SMARTS) is 1. The Labute approximate surface area is 115 Å². The Balaban J connectivity index is 2.77. The minimum absolute atomic E-state index is 0.312. The van der Waals surface area contributed by atoms with Gasteiger partial charge in [-0.25, -0.2) is 0 Å². The van der Waals surface area contributed by atoms with Gasteiger partial charge in [-0.2, -0.15) is 0 Å². The predicted molar refractivity (Wildman–Crippen MR) is 75.9 cm³/mol. The van der Waals surface area contributed by atoms with Crippen LogP contribution in [0.15, 0.2) is 24.3 Å². The van der Waals surface area contributed by atoms with E-state index in [1.807, 2.05) is 24.3 Å². The Kier molecular flexibility index (Phi) is 5.55. The van der Waals surface area contributed by atoms with Crippen molar-refractivity contribution in [2.75, 3.05) is 0 Å². The van der Waals surface area contributed by atoms with Gasteiger partial charge in [0.25, 0.3) is 0 Å². The highest BCUT2D eigenvalue weighted by molar-refractivity contribution is 5.69. The van der Waals surface area contributed by atoms with E-state index in [1.54, 1.807) is 13.8 Å². The van der Waals surface area contributed by atoms with E-state index in [4.69, 9.17) is 5.11 Å². The van der Waals surface area contributed by atoms with Crippen molar-refractivity contribution in [2.45, 2.75) is 40.2 Å². The molecule has 1 aromatic rings. The first-order valence-corrected chi connectivity index (χ1v) is 6.82. The molecule has 3 nitrogen and oxygen atoms in total. The minimum atomic E-state index is -0.872. The summed E-state index contributed by atoms with van der Waals surface area (Å²) >= 11 is 0. The molecule has 0 aliphatic heterocycles. The summed E-state index contributed by atoms with van der Waals surface area (Å²) in [5.74, 6) is -1.15. The van der Waals surface area contributed by atoms with Crippen molar-refractivity contribution in [3.05, 3.63) is 35.4 Å². The highest BCUT2D eigenvalue weighted by Crippen LogP contribution is 2.28. The molecule has 1 aromatic carbocycles. The average Bonchev–Trinajstić information content (AvgIpc) is 2.36. The van der Waals surface area contributed by atoms with Crippen molar-refractivity contribution in [3.8, 4) is 0 Å². The van der Waals surface area contributed by atoms with E-state index in [2.05, 4.69) is 13.8 Å². The Bertz CT molecular complexity index is 409. The Hall–Kier alpha value is -1.35. The summed E-state index contributed by atoms with van der Waals surface area (Å²) in [5, 5.41) is 19.2. The quantitative estimate of drug-likeness (QED) is 0.829. The van der Waals surface area contributed by atoms with Crippen LogP contribution in [-0.4, -0.2) is 16.2 Å². The summed E-state index contributed by atoms with van der Waals surface area (Å²) in [6.45, 7) is 7.73. The lowest BCUT2D eigenvalue weighted by Gasteiger charge is -2.22. The number of aliphatic hydroxyl groups excluding tert-OH is 1. The molecule has 3 heteroatoms. The van der Waals surface area contributed by atoms with Gasteiger partial charge in [0.15, 0.2) is 0 Å². The molecule has 0 fully saturated rings. The molecule has 0 aliphatic carbocycles. The normalized spacial score (nSPS) is 16.1. The van der Waals surface area contributed by atoms with Crippen LogP contribution in [0.5, 0.6) is 0 Å². The van der Waals surface area contributed by atoms with Gasteiger partial charge in [0.2, 0.25) is 0 Å². The van der Waals surface area contributed by atoms with Gasteiger partial charge in [0.05, 0.1) is 12.0 Å². The van der Waals surface area contributed by atoms with Crippen molar-refractivity contribution < 1.29 is 15.0 Å².